The summed E-state index contributed by atoms with van der Waals surface area (Å²) in [6.07, 6.45) is 6.04. The van der Waals surface area contributed by atoms with Gasteiger partial charge in [-0.2, -0.15) is 4.98 Å². The Labute approximate surface area is 247 Å². The van der Waals surface area contributed by atoms with Crippen molar-refractivity contribution in [2.24, 2.45) is 0 Å². The van der Waals surface area contributed by atoms with Gasteiger partial charge in [-0.1, -0.05) is 24.3 Å². The van der Waals surface area contributed by atoms with Crippen LogP contribution in [0.4, 0.5) is 27.4 Å². The zero-order valence-corrected chi connectivity index (χ0v) is 23.8. The zero-order valence-electron chi connectivity index (χ0n) is 23.8. The monoisotopic (exact) mass is 579 g/mol. The second-order valence-corrected chi connectivity index (χ2v) is 9.84. The summed E-state index contributed by atoms with van der Waals surface area (Å²) in [6.45, 7) is 0.637. The molecule has 3 aromatic carbocycles. The molecule has 0 saturated carbocycles. The lowest BCUT2D eigenvalue weighted by atomic mass is 10.1. The fraction of sp³-hybridized carbons (Fsp3) is 0.125. The van der Waals surface area contributed by atoms with E-state index in [1.165, 1.54) is 6.08 Å². The van der Waals surface area contributed by atoms with Crippen molar-refractivity contribution >= 4 is 45.7 Å². The third kappa shape index (κ3) is 7.03. The summed E-state index contributed by atoms with van der Waals surface area (Å²) in [5.41, 5.74) is 2.70. The van der Waals surface area contributed by atoms with Crippen molar-refractivity contribution in [2.45, 2.75) is 0 Å². The van der Waals surface area contributed by atoms with Crippen LogP contribution in [-0.2, 0) is 4.79 Å². The molecule has 218 valence electrons. The molecular weight excluding hydrogens is 549 g/mol. The second-order valence-electron chi connectivity index (χ2n) is 9.84. The van der Waals surface area contributed by atoms with Crippen LogP contribution >= 0.6 is 0 Å². The molecule has 0 radical (unpaired) electrons. The van der Waals surface area contributed by atoms with E-state index in [1.807, 2.05) is 43.3 Å². The van der Waals surface area contributed by atoms with E-state index in [2.05, 4.69) is 25.9 Å². The Morgan fingerprint density at radius 3 is 2.51 bits per heavy atom. The minimum absolute atomic E-state index is 0.0744. The molecule has 0 aliphatic carbocycles. The zero-order chi connectivity index (χ0) is 30.3. The first-order valence-corrected chi connectivity index (χ1v) is 13.4. The smallest absolute Gasteiger partial charge is 0.255 e. The normalized spacial score (nSPS) is 11.2. The molecule has 43 heavy (non-hydrogen) atoms. The number of carbonyl (C=O) groups excluding carboxylic acids is 2. The number of anilines is 4. The highest BCUT2D eigenvalue weighted by molar-refractivity contribution is 6.06. The van der Waals surface area contributed by atoms with Crippen molar-refractivity contribution in [3.8, 4) is 11.6 Å². The van der Waals surface area contributed by atoms with Gasteiger partial charge in [0.15, 0.2) is 11.6 Å². The molecule has 2 amide bonds. The number of aromatic nitrogens is 3. The molecule has 2 heterocycles. The van der Waals surface area contributed by atoms with Crippen LogP contribution in [0.5, 0.6) is 5.75 Å². The second kappa shape index (κ2) is 13.0. The van der Waals surface area contributed by atoms with Crippen molar-refractivity contribution in [2.75, 3.05) is 43.7 Å². The lowest BCUT2D eigenvalue weighted by Gasteiger charge is -2.11. The van der Waals surface area contributed by atoms with Gasteiger partial charge in [0.05, 0.1) is 18.8 Å². The number of hydrogen-bond donors (Lipinski definition) is 3. The number of rotatable bonds is 10. The summed E-state index contributed by atoms with van der Waals surface area (Å²) in [7, 11) is 5.40. The molecule has 0 aliphatic rings. The fourth-order valence-electron chi connectivity index (χ4n) is 4.39. The molecule has 5 rings (SSSR count). The van der Waals surface area contributed by atoms with Crippen LogP contribution < -0.4 is 20.7 Å². The van der Waals surface area contributed by atoms with E-state index < -0.39 is 5.82 Å². The summed E-state index contributed by atoms with van der Waals surface area (Å²) >= 11 is 0. The molecule has 11 heteroatoms. The minimum atomic E-state index is -0.588. The molecule has 2 aromatic heterocycles. The van der Waals surface area contributed by atoms with Crippen LogP contribution in [-0.4, -0.2) is 59.0 Å². The van der Waals surface area contributed by atoms with Gasteiger partial charge < -0.3 is 25.6 Å². The van der Waals surface area contributed by atoms with Gasteiger partial charge in [-0.3, -0.25) is 14.2 Å². The maximum Gasteiger partial charge on any atom is 0.255 e. The lowest BCUT2D eigenvalue weighted by molar-refractivity contribution is -0.111. The average Bonchev–Trinajstić information content (AvgIpc) is 3.42. The van der Waals surface area contributed by atoms with Gasteiger partial charge in [0.25, 0.3) is 5.91 Å². The van der Waals surface area contributed by atoms with E-state index in [-0.39, 0.29) is 23.6 Å². The SMILES string of the molecule is COc1cccc2c1ccn2-c1nc(Nc2cccc(NC(=O)c3cccc(NC(=O)/C=C/CN(C)C)c3)c2)ncc1F. The summed E-state index contributed by atoms with van der Waals surface area (Å²) < 4.78 is 21.9. The van der Waals surface area contributed by atoms with Crippen molar-refractivity contribution in [3.05, 3.63) is 109 Å². The molecule has 0 unspecified atom stereocenters. The molecule has 5 aromatic rings. The van der Waals surface area contributed by atoms with E-state index in [1.54, 1.807) is 72.5 Å². The van der Waals surface area contributed by atoms with Crippen molar-refractivity contribution in [3.63, 3.8) is 0 Å². The highest BCUT2D eigenvalue weighted by Crippen LogP contribution is 2.29. The molecule has 0 spiro atoms. The number of benzene rings is 3. The third-order valence-electron chi connectivity index (χ3n) is 6.38. The highest BCUT2D eigenvalue weighted by Gasteiger charge is 2.14. The Morgan fingerprint density at radius 1 is 0.977 bits per heavy atom. The number of carbonyl (C=O) groups is 2. The molecule has 3 N–H and O–H groups in total. The Hall–Kier alpha value is -5.55. The summed E-state index contributed by atoms with van der Waals surface area (Å²) in [5.74, 6) is -0.305. The van der Waals surface area contributed by atoms with Crippen LogP contribution in [0.25, 0.3) is 16.7 Å². The van der Waals surface area contributed by atoms with E-state index in [0.29, 0.717) is 34.9 Å². The van der Waals surface area contributed by atoms with Crippen molar-refractivity contribution in [1.82, 2.24) is 19.4 Å². The maximum absolute atomic E-state index is 14.9. The number of amides is 2. The van der Waals surface area contributed by atoms with Gasteiger partial charge in [0.1, 0.15) is 5.75 Å². The number of hydrogen-bond acceptors (Lipinski definition) is 7. The van der Waals surface area contributed by atoms with Gasteiger partial charge in [0, 0.05) is 46.8 Å². The van der Waals surface area contributed by atoms with Crippen LogP contribution in [0.3, 0.4) is 0 Å². The Morgan fingerprint density at radius 2 is 1.72 bits per heavy atom. The Balaban J connectivity index is 1.29. The summed E-state index contributed by atoms with van der Waals surface area (Å²) in [4.78, 5) is 35.6. The predicted octanol–water partition coefficient (Wildman–Crippen LogP) is 5.62. The van der Waals surface area contributed by atoms with Gasteiger partial charge in [-0.25, -0.2) is 9.37 Å². The topological polar surface area (TPSA) is 113 Å². The summed E-state index contributed by atoms with van der Waals surface area (Å²) in [6, 6.07) is 21.0. The largest absolute Gasteiger partial charge is 0.496 e. The summed E-state index contributed by atoms with van der Waals surface area (Å²) in [5, 5.41) is 9.52. The number of methoxy groups -OCH3 is 1. The van der Waals surface area contributed by atoms with Crippen LogP contribution in [0.15, 0.2) is 97.3 Å². The average molecular weight is 580 g/mol. The van der Waals surface area contributed by atoms with Gasteiger partial charge >= 0.3 is 0 Å². The van der Waals surface area contributed by atoms with Crippen LogP contribution in [0, 0.1) is 5.82 Å². The fourth-order valence-corrected chi connectivity index (χ4v) is 4.39. The van der Waals surface area contributed by atoms with E-state index >= 15 is 0 Å². The van der Waals surface area contributed by atoms with E-state index in [9.17, 15) is 14.0 Å². The Kier molecular flexibility index (Phi) is 8.73. The Bertz CT molecular complexity index is 1820. The number of ether oxygens (including phenoxy) is 1. The molecule has 10 nitrogen and oxygen atoms in total. The van der Waals surface area contributed by atoms with Crippen LogP contribution in [0.2, 0.25) is 0 Å². The van der Waals surface area contributed by atoms with E-state index in [0.717, 1.165) is 17.1 Å². The minimum Gasteiger partial charge on any atom is -0.496 e. The van der Waals surface area contributed by atoms with E-state index in [4.69, 9.17) is 4.74 Å². The number of fused-ring (bicyclic) bond motifs is 1. The number of halogens is 1. The van der Waals surface area contributed by atoms with Crippen molar-refractivity contribution in [1.29, 1.82) is 0 Å². The maximum atomic E-state index is 14.9. The molecule has 0 atom stereocenters. The third-order valence-corrected chi connectivity index (χ3v) is 6.38. The molecule has 0 fully saturated rings. The molecule has 0 bridgehead atoms. The van der Waals surface area contributed by atoms with Gasteiger partial charge in [-0.05, 0) is 68.7 Å². The van der Waals surface area contributed by atoms with Crippen LogP contribution in [0.1, 0.15) is 10.4 Å². The molecule has 0 aliphatic heterocycles. The predicted molar refractivity (Wildman–Crippen MR) is 166 cm³/mol. The van der Waals surface area contributed by atoms with Gasteiger partial charge in [0.2, 0.25) is 11.9 Å². The quantitative estimate of drug-likeness (QED) is 0.184. The number of likely N-dealkylation sites (N-methyl/N-ethyl adjacent to an activating group) is 1. The van der Waals surface area contributed by atoms with Crippen molar-refractivity contribution < 1.29 is 18.7 Å². The first-order chi connectivity index (χ1) is 20.8. The lowest BCUT2D eigenvalue weighted by Crippen LogP contribution is -2.14. The van der Waals surface area contributed by atoms with Gasteiger partial charge in [-0.15, -0.1) is 0 Å². The first kappa shape index (κ1) is 29.0. The number of nitrogens with zero attached hydrogens (tertiary/aromatic N) is 4. The highest BCUT2D eigenvalue weighted by atomic mass is 19.1. The molecular formula is C32H30FN7O3. The molecule has 0 saturated heterocycles. The number of nitrogens with one attached hydrogen (secondary N) is 3. The first-order valence-electron chi connectivity index (χ1n) is 13.4. The standard InChI is InChI=1S/C32H30FN7O3/c1-39(2)16-7-14-29(41)35-22-9-4-8-21(18-22)31(42)36-23-10-5-11-24(19-23)37-32-34-20-26(33)30(38-32)40-17-15-25-27(40)12-6-13-28(25)43-3/h4-15,17-20H,16H2,1-3H3,(H,35,41)(H,36,42)(H,34,37,38)/b14-7+.